The highest BCUT2D eigenvalue weighted by atomic mass is 15.2. The lowest BCUT2D eigenvalue weighted by Crippen LogP contribution is -1.85. The zero-order valence-corrected chi connectivity index (χ0v) is 15.6. The number of imidazole rings is 1. The Balaban J connectivity index is 1.52. The molecule has 6 aromatic heterocycles. The molecule has 0 radical (unpaired) electrons. The van der Waals surface area contributed by atoms with Gasteiger partial charge in [0.25, 0.3) is 0 Å². The molecule has 0 bridgehead atoms. The van der Waals surface area contributed by atoms with Gasteiger partial charge in [-0.25, -0.2) is 9.97 Å². The first kappa shape index (κ1) is 16.5. The summed E-state index contributed by atoms with van der Waals surface area (Å²) in [6.07, 6.45) is 12.5. The maximum Gasteiger partial charge on any atom is 0.181 e. The van der Waals surface area contributed by atoms with Gasteiger partial charge in [0.1, 0.15) is 11.2 Å². The maximum absolute atomic E-state index is 4.85. The Morgan fingerprint density at radius 1 is 0.767 bits per heavy atom. The molecule has 0 unspecified atom stereocenters. The Morgan fingerprint density at radius 2 is 1.60 bits per heavy atom. The fourth-order valence-corrected chi connectivity index (χ4v) is 3.56. The van der Waals surface area contributed by atoms with Crippen LogP contribution in [0.5, 0.6) is 0 Å². The number of pyridine rings is 4. The van der Waals surface area contributed by atoms with E-state index in [9.17, 15) is 0 Å². The van der Waals surface area contributed by atoms with Crippen LogP contribution in [-0.4, -0.2) is 40.1 Å². The van der Waals surface area contributed by atoms with Gasteiger partial charge in [0.05, 0.1) is 17.1 Å². The van der Waals surface area contributed by atoms with Crippen LogP contribution in [0.15, 0.2) is 73.7 Å². The third-order valence-corrected chi connectivity index (χ3v) is 5.01. The molecule has 6 heterocycles. The van der Waals surface area contributed by atoms with Crippen molar-refractivity contribution in [3.05, 3.63) is 73.7 Å². The van der Waals surface area contributed by atoms with Gasteiger partial charge in [0, 0.05) is 59.4 Å². The van der Waals surface area contributed by atoms with Crippen molar-refractivity contribution in [2.45, 2.75) is 0 Å². The van der Waals surface area contributed by atoms with Crippen molar-refractivity contribution in [1.82, 2.24) is 40.1 Å². The number of hydrogen-bond acceptors (Lipinski definition) is 6. The molecule has 0 aliphatic carbocycles. The molecule has 0 aliphatic heterocycles. The molecule has 0 fully saturated rings. The van der Waals surface area contributed by atoms with E-state index in [0.717, 1.165) is 44.4 Å². The van der Waals surface area contributed by atoms with E-state index in [-0.39, 0.29) is 0 Å². The van der Waals surface area contributed by atoms with Gasteiger partial charge in [-0.05, 0) is 18.2 Å². The minimum Gasteiger partial charge on any atom is -0.335 e. The van der Waals surface area contributed by atoms with Crippen LogP contribution in [0.2, 0.25) is 0 Å². The lowest BCUT2D eigenvalue weighted by atomic mass is 10.1. The Labute approximate surface area is 170 Å². The van der Waals surface area contributed by atoms with Crippen molar-refractivity contribution in [2.24, 2.45) is 0 Å². The molecule has 0 atom stereocenters. The van der Waals surface area contributed by atoms with Crippen molar-refractivity contribution in [3.63, 3.8) is 0 Å². The van der Waals surface area contributed by atoms with E-state index in [1.165, 1.54) is 0 Å². The summed E-state index contributed by atoms with van der Waals surface area (Å²) < 4.78 is 0. The quantitative estimate of drug-likeness (QED) is 0.472. The van der Waals surface area contributed by atoms with Gasteiger partial charge in [0.15, 0.2) is 11.5 Å². The van der Waals surface area contributed by atoms with Gasteiger partial charge >= 0.3 is 0 Å². The third kappa shape index (κ3) is 2.62. The van der Waals surface area contributed by atoms with E-state index >= 15 is 0 Å². The first-order valence-electron chi connectivity index (χ1n) is 9.36. The van der Waals surface area contributed by atoms with Crippen LogP contribution >= 0.6 is 0 Å². The highest BCUT2D eigenvalue weighted by Crippen LogP contribution is 2.31. The normalized spacial score (nSPS) is 11.3. The van der Waals surface area contributed by atoms with Crippen LogP contribution < -0.4 is 0 Å². The fourth-order valence-electron chi connectivity index (χ4n) is 3.56. The molecule has 30 heavy (non-hydrogen) atoms. The SMILES string of the molecule is c1cncc(-c2cnc3n[nH]c(-c4nc5c(-c6cccnc6)cncc5[nH]4)c3c2)c1. The number of H-pyrrole nitrogens is 2. The minimum atomic E-state index is 0.628. The second-order valence-corrected chi connectivity index (χ2v) is 6.85. The second kappa shape index (κ2) is 6.56. The number of aromatic nitrogens is 8. The molecule has 0 aliphatic rings. The van der Waals surface area contributed by atoms with E-state index in [2.05, 4.69) is 35.1 Å². The summed E-state index contributed by atoms with van der Waals surface area (Å²) in [7, 11) is 0. The lowest BCUT2D eigenvalue weighted by Gasteiger charge is -2.01. The molecule has 0 saturated heterocycles. The van der Waals surface area contributed by atoms with Crippen molar-refractivity contribution < 1.29 is 0 Å². The highest BCUT2D eigenvalue weighted by molar-refractivity contribution is 5.96. The summed E-state index contributed by atoms with van der Waals surface area (Å²) in [5.74, 6) is 0.677. The highest BCUT2D eigenvalue weighted by Gasteiger charge is 2.16. The number of aromatic amines is 2. The van der Waals surface area contributed by atoms with Crippen molar-refractivity contribution in [3.8, 4) is 33.8 Å². The molecule has 6 rings (SSSR count). The monoisotopic (exact) mass is 390 g/mol. The smallest absolute Gasteiger partial charge is 0.181 e. The molecular weight excluding hydrogens is 376 g/mol. The first-order chi connectivity index (χ1) is 14.9. The maximum atomic E-state index is 4.85. The van der Waals surface area contributed by atoms with Crippen LogP contribution in [0.1, 0.15) is 0 Å². The predicted octanol–water partition coefficient (Wildman–Crippen LogP) is 4.02. The lowest BCUT2D eigenvalue weighted by molar-refractivity contribution is 1.09. The number of nitrogens with one attached hydrogen (secondary N) is 2. The Morgan fingerprint density at radius 3 is 2.40 bits per heavy atom. The van der Waals surface area contributed by atoms with E-state index in [0.29, 0.717) is 11.5 Å². The van der Waals surface area contributed by atoms with Gasteiger partial charge in [-0.1, -0.05) is 12.1 Å². The summed E-state index contributed by atoms with van der Waals surface area (Å²) in [5, 5.41) is 8.30. The number of rotatable bonds is 3. The van der Waals surface area contributed by atoms with Gasteiger partial charge < -0.3 is 4.98 Å². The second-order valence-electron chi connectivity index (χ2n) is 6.85. The average Bonchev–Trinajstić information content (AvgIpc) is 3.43. The molecule has 6 aromatic rings. The Kier molecular flexibility index (Phi) is 3.60. The minimum absolute atomic E-state index is 0.628. The molecule has 8 nitrogen and oxygen atoms in total. The topological polar surface area (TPSA) is 109 Å². The van der Waals surface area contributed by atoms with Gasteiger partial charge in [-0.15, -0.1) is 0 Å². The molecule has 142 valence electrons. The summed E-state index contributed by atoms with van der Waals surface area (Å²) in [5.41, 5.74) is 6.90. The number of nitrogens with zero attached hydrogens (tertiary/aromatic N) is 6. The summed E-state index contributed by atoms with van der Waals surface area (Å²) in [6, 6.07) is 9.85. The molecular formula is C22H14N8. The Bertz CT molecular complexity index is 1490. The summed E-state index contributed by atoms with van der Waals surface area (Å²) >= 11 is 0. The van der Waals surface area contributed by atoms with Gasteiger partial charge in [0.2, 0.25) is 0 Å². The average molecular weight is 390 g/mol. The number of fused-ring (bicyclic) bond motifs is 2. The standard InChI is InChI=1S/C22H14N8/c1-3-13(8-23-5-1)15-7-16-20(29-30-21(16)26-10-15)22-27-18-12-25-11-17(19(18)28-22)14-4-2-6-24-9-14/h1-12H,(H,27,28)(H,26,29,30). The van der Waals surface area contributed by atoms with Crippen LogP contribution in [0.25, 0.3) is 55.8 Å². The fraction of sp³-hybridized carbons (Fsp3) is 0. The van der Waals surface area contributed by atoms with Crippen molar-refractivity contribution in [2.75, 3.05) is 0 Å². The molecule has 0 saturated carbocycles. The predicted molar refractivity (Wildman–Crippen MR) is 113 cm³/mol. The summed E-state index contributed by atoms with van der Waals surface area (Å²) in [4.78, 5) is 25.5. The Hall–Kier alpha value is -4.46. The van der Waals surface area contributed by atoms with E-state index in [1.54, 1.807) is 37.2 Å². The largest absolute Gasteiger partial charge is 0.335 e. The van der Waals surface area contributed by atoms with Gasteiger partial charge in [-0.3, -0.25) is 20.1 Å². The van der Waals surface area contributed by atoms with Crippen molar-refractivity contribution >= 4 is 22.1 Å². The molecule has 0 spiro atoms. The van der Waals surface area contributed by atoms with Gasteiger partial charge in [-0.2, -0.15) is 5.10 Å². The van der Waals surface area contributed by atoms with Crippen LogP contribution in [0, 0.1) is 0 Å². The zero-order chi connectivity index (χ0) is 19.9. The number of hydrogen-bond donors (Lipinski definition) is 2. The van der Waals surface area contributed by atoms with E-state index in [4.69, 9.17) is 4.98 Å². The van der Waals surface area contributed by atoms with E-state index in [1.807, 2.05) is 36.5 Å². The van der Waals surface area contributed by atoms with E-state index < -0.39 is 0 Å². The summed E-state index contributed by atoms with van der Waals surface area (Å²) in [6.45, 7) is 0. The van der Waals surface area contributed by atoms with Crippen LogP contribution in [-0.2, 0) is 0 Å². The van der Waals surface area contributed by atoms with Crippen LogP contribution in [0.3, 0.4) is 0 Å². The van der Waals surface area contributed by atoms with Crippen LogP contribution in [0.4, 0.5) is 0 Å². The molecule has 8 heteroatoms. The molecule has 0 aromatic carbocycles. The third-order valence-electron chi connectivity index (χ3n) is 5.01. The van der Waals surface area contributed by atoms with Crippen molar-refractivity contribution in [1.29, 1.82) is 0 Å². The zero-order valence-electron chi connectivity index (χ0n) is 15.6. The first-order valence-corrected chi connectivity index (χ1v) is 9.36. The molecule has 0 amide bonds. The molecule has 2 N–H and O–H groups in total.